The van der Waals surface area contributed by atoms with E-state index in [1.54, 1.807) is 6.92 Å². The van der Waals surface area contributed by atoms with Gasteiger partial charge in [-0.3, -0.25) is 0 Å². The summed E-state index contributed by atoms with van der Waals surface area (Å²) in [6.45, 7) is 5.48. The van der Waals surface area contributed by atoms with E-state index in [-0.39, 0.29) is 44.7 Å². The Labute approximate surface area is 98.4 Å². The average Bonchev–Trinajstić information content (AvgIpc) is 2.14. The van der Waals surface area contributed by atoms with Crippen molar-refractivity contribution in [1.82, 2.24) is 0 Å². The number of ether oxygens (including phenoxy) is 1. The van der Waals surface area contributed by atoms with E-state index in [0.29, 0.717) is 0 Å². The molecule has 0 bridgehead atoms. The van der Waals surface area contributed by atoms with E-state index in [1.807, 2.05) is 13.8 Å². The molecule has 4 atom stereocenters. The zero-order chi connectivity index (χ0) is 8.65. The summed E-state index contributed by atoms with van der Waals surface area (Å²) in [7, 11) is 0. The van der Waals surface area contributed by atoms with Crippen LogP contribution in [0.4, 0.5) is 0 Å². The van der Waals surface area contributed by atoms with Crippen LogP contribution in [-0.2, 0) is 37.4 Å². The van der Waals surface area contributed by atoms with Crippen LogP contribution in [0.3, 0.4) is 0 Å². The zero-order valence-corrected chi connectivity index (χ0v) is 10.7. The van der Waals surface area contributed by atoms with Crippen molar-refractivity contribution >= 4 is 0 Å². The first-order valence-electron chi connectivity index (χ1n) is 4.06. The molecular formula is C8H16O3Y. The van der Waals surface area contributed by atoms with E-state index < -0.39 is 11.9 Å². The Morgan fingerprint density at radius 3 is 2.17 bits per heavy atom. The number of hydrogen-bond acceptors (Lipinski definition) is 3. The molecule has 4 heteroatoms. The molecule has 0 saturated carbocycles. The largest absolute Gasteiger partial charge is 0.384 e. The normalized spacial score (nSPS) is 47.2. The van der Waals surface area contributed by atoms with Gasteiger partial charge in [0, 0.05) is 38.6 Å². The Morgan fingerprint density at radius 2 is 2.00 bits per heavy atom. The molecule has 1 aliphatic heterocycles. The van der Waals surface area contributed by atoms with Crippen LogP contribution in [0.1, 0.15) is 27.2 Å². The minimum atomic E-state index is -1.08. The summed E-state index contributed by atoms with van der Waals surface area (Å²) in [6, 6.07) is 0. The molecule has 0 spiro atoms. The Morgan fingerprint density at radius 1 is 1.50 bits per heavy atom. The van der Waals surface area contributed by atoms with Crippen LogP contribution in [0.5, 0.6) is 0 Å². The van der Waals surface area contributed by atoms with Gasteiger partial charge in [0.1, 0.15) is 5.60 Å². The maximum absolute atomic E-state index is 9.66. The third kappa shape index (κ3) is 2.07. The predicted octanol–water partition coefficient (Wildman–Crippen LogP) is 0.498. The molecule has 1 heterocycles. The summed E-state index contributed by atoms with van der Waals surface area (Å²) in [4.78, 5) is 0. The second-order valence-electron chi connectivity index (χ2n) is 3.45. The van der Waals surface area contributed by atoms with Gasteiger partial charge in [-0.05, 0) is 13.3 Å². The second-order valence-corrected chi connectivity index (χ2v) is 3.45. The first-order chi connectivity index (χ1) is 5.00. The average molecular weight is 249 g/mol. The van der Waals surface area contributed by atoms with Crippen molar-refractivity contribution in [1.29, 1.82) is 0 Å². The van der Waals surface area contributed by atoms with Crippen molar-refractivity contribution in [3.05, 3.63) is 0 Å². The van der Waals surface area contributed by atoms with Crippen LogP contribution >= 0.6 is 0 Å². The summed E-state index contributed by atoms with van der Waals surface area (Å²) in [5, 5.41) is 18.9. The molecule has 12 heavy (non-hydrogen) atoms. The summed E-state index contributed by atoms with van der Waals surface area (Å²) >= 11 is 0. The third-order valence-corrected chi connectivity index (χ3v) is 2.69. The molecule has 2 N–H and O–H groups in total. The van der Waals surface area contributed by atoms with Crippen molar-refractivity contribution < 1.29 is 47.7 Å². The van der Waals surface area contributed by atoms with Crippen molar-refractivity contribution in [2.24, 2.45) is 5.92 Å². The van der Waals surface area contributed by atoms with E-state index in [2.05, 4.69) is 0 Å². The molecule has 1 rings (SSSR count). The fraction of sp³-hybridized carbons (Fsp3) is 1.00. The molecule has 3 nitrogen and oxygen atoms in total. The van der Waals surface area contributed by atoms with Gasteiger partial charge in [-0.1, -0.05) is 13.8 Å². The van der Waals surface area contributed by atoms with Crippen molar-refractivity contribution in [3.63, 3.8) is 0 Å². The molecule has 0 aromatic carbocycles. The second kappa shape index (κ2) is 4.47. The predicted molar refractivity (Wildman–Crippen MR) is 41.0 cm³/mol. The maximum atomic E-state index is 9.66. The van der Waals surface area contributed by atoms with Crippen LogP contribution in [0.2, 0.25) is 0 Å². The van der Waals surface area contributed by atoms with Crippen LogP contribution < -0.4 is 0 Å². The minimum Gasteiger partial charge on any atom is -0.384 e. The monoisotopic (exact) mass is 249 g/mol. The molecule has 69 valence electrons. The molecular weight excluding hydrogens is 233 g/mol. The summed E-state index contributed by atoms with van der Waals surface area (Å²) in [6.07, 6.45) is -0.212. The van der Waals surface area contributed by atoms with E-state index in [1.165, 1.54) is 0 Å². The number of aliphatic hydroxyl groups is 2. The van der Waals surface area contributed by atoms with Gasteiger partial charge in [0.15, 0.2) is 6.29 Å². The van der Waals surface area contributed by atoms with Crippen molar-refractivity contribution in [3.8, 4) is 0 Å². The fourth-order valence-electron chi connectivity index (χ4n) is 1.47. The Bertz CT molecular complexity index is 149. The number of aliphatic hydroxyl groups excluding tert-OH is 1. The van der Waals surface area contributed by atoms with Gasteiger partial charge in [-0.15, -0.1) is 0 Å². The smallest absolute Gasteiger partial charge is 0.184 e. The first-order valence-corrected chi connectivity index (χ1v) is 4.06. The van der Waals surface area contributed by atoms with Gasteiger partial charge in [0.05, 0.1) is 6.10 Å². The summed E-state index contributed by atoms with van der Waals surface area (Å²) in [5.41, 5.74) is -1.08. The quantitative estimate of drug-likeness (QED) is 0.711. The van der Waals surface area contributed by atoms with Gasteiger partial charge in [-0.25, -0.2) is 0 Å². The first kappa shape index (κ1) is 13.0. The number of rotatable bonds is 1. The molecule has 1 unspecified atom stereocenters. The summed E-state index contributed by atoms with van der Waals surface area (Å²) in [5.74, 6) is 0.00231. The van der Waals surface area contributed by atoms with Crippen LogP contribution in [0.25, 0.3) is 0 Å². The molecule has 1 aliphatic rings. The fourth-order valence-corrected chi connectivity index (χ4v) is 1.47. The topological polar surface area (TPSA) is 49.7 Å². The van der Waals surface area contributed by atoms with E-state index in [9.17, 15) is 10.2 Å². The Hall–Kier alpha value is 0.984. The van der Waals surface area contributed by atoms with Gasteiger partial charge in [0.2, 0.25) is 0 Å². The van der Waals surface area contributed by atoms with Crippen molar-refractivity contribution in [2.45, 2.75) is 45.2 Å². The molecule has 0 aliphatic carbocycles. The minimum absolute atomic E-state index is 0. The Balaban J connectivity index is 0.00000121. The van der Waals surface area contributed by atoms with Crippen LogP contribution in [0, 0.1) is 5.92 Å². The molecule has 1 saturated heterocycles. The van der Waals surface area contributed by atoms with Gasteiger partial charge >= 0.3 is 0 Å². The summed E-state index contributed by atoms with van der Waals surface area (Å²) < 4.78 is 5.14. The van der Waals surface area contributed by atoms with Gasteiger partial charge < -0.3 is 14.9 Å². The van der Waals surface area contributed by atoms with Crippen LogP contribution in [0.15, 0.2) is 0 Å². The molecule has 0 aromatic rings. The third-order valence-electron chi connectivity index (χ3n) is 2.69. The van der Waals surface area contributed by atoms with E-state index in [4.69, 9.17) is 4.74 Å². The Kier molecular flexibility index (Phi) is 4.84. The van der Waals surface area contributed by atoms with Gasteiger partial charge in [0.25, 0.3) is 0 Å². The maximum Gasteiger partial charge on any atom is 0.184 e. The molecule has 0 amide bonds. The number of hydrogen-bond donors (Lipinski definition) is 2. The van der Waals surface area contributed by atoms with E-state index >= 15 is 0 Å². The van der Waals surface area contributed by atoms with Crippen LogP contribution in [-0.4, -0.2) is 28.2 Å². The zero-order valence-electron chi connectivity index (χ0n) is 7.82. The van der Waals surface area contributed by atoms with E-state index in [0.717, 1.165) is 6.42 Å². The SMILES string of the molecule is CC[C@H]1OC(O)[C@](C)(O)[C@@H]1C.[Y]. The molecule has 1 fully saturated rings. The molecule has 0 aromatic heterocycles. The van der Waals surface area contributed by atoms with Gasteiger partial charge in [-0.2, -0.15) is 0 Å². The van der Waals surface area contributed by atoms with Crippen molar-refractivity contribution in [2.75, 3.05) is 0 Å². The standard InChI is InChI=1S/C8H16O3.Y/c1-4-6-5(2)8(3,10)7(9)11-6;/h5-7,9-10H,4H2,1-3H3;/t5-,6-,7?,8-;/m1./s1. The molecule has 1 radical (unpaired) electrons.